The molecule has 0 aliphatic carbocycles. The molecule has 12 heavy (non-hydrogen) atoms. The Balaban J connectivity index is 3.06. The minimum Gasteiger partial charge on any atom is -0.496 e. The van der Waals surface area contributed by atoms with Gasteiger partial charge >= 0.3 is 0 Å². The van der Waals surface area contributed by atoms with E-state index in [4.69, 9.17) is 16.9 Å². The summed E-state index contributed by atoms with van der Waals surface area (Å²) >= 11 is 0. The van der Waals surface area contributed by atoms with E-state index in [2.05, 4.69) is 5.92 Å². The minimum atomic E-state index is -0.388. The summed E-state index contributed by atoms with van der Waals surface area (Å²) in [6, 6.07) is 7.08. The van der Waals surface area contributed by atoms with Crippen LogP contribution in [-0.4, -0.2) is 7.11 Å². The van der Waals surface area contributed by atoms with Crippen molar-refractivity contribution in [3.05, 3.63) is 29.8 Å². The zero-order valence-corrected chi connectivity index (χ0v) is 6.95. The maximum absolute atomic E-state index is 5.65. The number of ether oxygens (including phenoxy) is 1. The molecule has 0 bridgehead atoms. The van der Waals surface area contributed by atoms with Crippen LogP contribution in [0.5, 0.6) is 5.75 Å². The van der Waals surface area contributed by atoms with Gasteiger partial charge in [-0.15, -0.1) is 6.42 Å². The van der Waals surface area contributed by atoms with E-state index in [0.29, 0.717) is 0 Å². The van der Waals surface area contributed by atoms with Gasteiger partial charge < -0.3 is 10.5 Å². The van der Waals surface area contributed by atoms with E-state index in [-0.39, 0.29) is 6.04 Å². The fourth-order valence-electron chi connectivity index (χ4n) is 1.01. The summed E-state index contributed by atoms with van der Waals surface area (Å²) in [6.07, 6.45) is 5.20. The number of nitrogens with two attached hydrogens (primary N) is 1. The van der Waals surface area contributed by atoms with Gasteiger partial charge in [0.2, 0.25) is 0 Å². The lowest BCUT2D eigenvalue weighted by atomic mass is 10.1. The third-order valence-electron chi connectivity index (χ3n) is 1.65. The fraction of sp³-hybridized carbons (Fsp3) is 0.200. The Morgan fingerprint density at radius 3 is 2.75 bits per heavy atom. The van der Waals surface area contributed by atoms with Crippen molar-refractivity contribution in [1.29, 1.82) is 0 Å². The number of hydrogen-bond acceptors (Lipinski definition) is 2. The third kappa shape index (κ3) is 1.58. The number of hydrogen-bond donors (Lipinski definition) is 1. The molecule has 0 unspecified atom stereocenters. The van der Waals surface area contributed by atoms with Crippen molar-refractivity contribution in [2.75, 3.05) is 7.11 Å². The Labute approximate surface area is 72.3 Å². The smallest absolute Gasteiger partial charge is 0.124 e. The number of para-hydroxylation sites is 1. The van der Waals surface area contributed by atoms with Gasteiger partial charge in [-0.3, -0.25) is 0 Å². The largest absolute Gasteiger partial charge is 0.496 e. The first-order valence-electron chi connectivity index (χ1n) is 3.64. The highest BCUT2D eigenvalue weighted by Crippen LogP contribution is 2.22. The van der Waals surface area contributed by atoms with Crippen LogP contribution >= 0.6 is 0 Å². The van der Waals surface area contributed by atoms with Crippen LogP contribution in [0.4, 0.5) is 0 Å². The summed E-state index contributed by atoms with van der Waals surface area (Å²) in [5.41, 5.74) is 6.50. The molecule has 2 N–H and O–H groups in total. The Morgan fingerprint density at radius 2 is 2.17 bits per heavy atom. The average molecular weight is 161 g/mol. The molecule has 2 nitrogen and oxygen atoms in total. The second-order valence-corrected chi connectivity index (χ2v) is 2.39. The van der Waals surface area contributed by atoms with Crippen molar-refractivity contribution in [3.8, 4) is 18.1 Å². The molecule has 0 spiro atoms. The summed E-state index contributed by atoms with van der Waals surface area (Å²) in [7, 11) is 1.60. The van der Waals surface area contributed by atoms with Gasteiger partial charge in [0.15, 0.2) is 0 Å². The standard InChI is InChI=1S/C10H11NO/c1-3-9(11)8-6-4-5-7-10(8)12-2/h1,4-7,9H,11H2,2H3/t9-/m1/s1. The first kappa shape index (κ1) is 8.63. The second-order valence-electron chi connectivity index (χ2n) is 2.39. The molecule has 0 aromatic heterocycles. The van der Waals surface area contributed by atoms with Gasteiger partial charge in [-0.2, -0.15) is 0 Å². The Bertz CT molecular complexity index is 301. The van der Waals surface area contributed by atoms with Crippen molar-refractivity contribution < 1.29 is 4.74 Å². The molecule has 1 aromatic carbocycles. The topological polar surface area (TPSA) is 35.2 Å². The van der Waals surface area contributed by atoms with Gasteiger partial charge in [0, 0.05) is 5.56 Å². The summed E-state index contributed by atoms with van der Waals surface area (Å²) in [5, 5.41) is 0. The van der Waals surface area contributed by atoms with Gasteiger partial charge in [0.1, 0.15) is 5.75 Å². The van der Waals surface area contributed by atoms with E-state index in [9.17, 15) is 0 Å². The zero-order chi connectivity index (χ0) is 8.97. The van der Waals surface area contributed by atoms with E-state index in [1.54, 1.807) is 7.11 Å². The van der Waals surface area contributed by atoms with Gasteiger partial charge in [-0.05, 0) is 6.07 Å². The van der Waals surface area contributed by atoms with Crippen LogP contribution in [0.2, 0.25) is 0 Å². The zero-order valence-electron chi connectivity index (χ0n) is 6.95. The maximum Gasteiger partial charge on any atom is 0.124 e. The molecule has 0 aliphatic heterocycles. The molecule has 0 aliphatic rings. The van der Waals surface area contributed by atoms with Crippen LogP contribution in [0.3, 0.4) is 0 Å². The predicted octanol–water partition coefficient (Wildman–Crippen LogP) is 1.33. The molecule has 0 fully saturated rings. The van der Waals surface area contributed by atoms with Crippen molar-refractivity contribution in [1.82, 2.24) is 0 Å². The molecule has 0 saturated carbocycles. The molecule has 1 atom stereocenters. The van der Waals surface area contributed by atoms with Crippen LogP contribution in [0.25, 0.3) is 0 Å². The first-order valence-corrected chi connectivity index (χ1v) is 3.64. The molecule has 0 heterocycles. The Hall–Kier alpha value is -1.46. The monoisotopic (exact) mass is 161 g/mol. The number of methoxy groups -OCH3 is 1. The van der Waals surface area contributed by atoms with Gasteiger partial charge in [0.05, 0.1) is 13.2 Å². The highest BCUT2D eigenvalue weighted by Gasteiger charge is 2.06. The molecule has 0 radical (unpaired) electrons. The summed E-state index contributed by atoms with van der Waals surface area (Å²) in [6.45, 7) is 0. The summed E-state index contributed by atoms with van der Waals surface area (Å²) in [4.78, 5) is 0. The van der Waals surface area contributed by atoms with Crippen molar-refractivity contribution in [2.45, 2.75) is 6.04 Å². The molecular formula is C10H11NO. The van der Waals surface area contributed by atoms with Crippen LogP contribution in [0, 0.1) is 12.3 Å². The molecule has 62 valence electrons. The number of benzene rings is 1. The van der Waals surface area contributed by atoms with Crippen molar-refractivity contribution >= 4 is 0 Å². The second kappa shape index (κ2) is 3.80. The molecule has 0 saturated heterocycles. The quantitative estimate of drug-likeness (QED) is 0.664. The predicted molar refractivity (Wildman–Crippen MR) is 48.8 cm³/mol. The summed E-state index contributed by atoms with van der Waals surface area (Å²) < 4.78 is 5.09. The van der Waals surface area contributed by atoms with E-state index >= 15 is 0 Å². The Kier molecular flexibility index (Phi) is 2.73. The van der Waals surface area contributed by atoms with E-state index in [1.165, 1.54) is 0 Å². The van der Waals surface area contributed by atoms with E-state index < -0.39 is 0 Å². The molecular weight excluding hydrogens is 150 g/mol. The van der Waals surface area contributed by atoms with Gasteiger partial charge in [-0.1, -0.05) is 24.1 Å². The minimum absolute atomic E-state index is 0.388. The highest BCUT2D eigenvalue weighted by atomic mass is 16.5. The van der Waals surface area contributed by atoms with Crippen molar-refractivity contribution in [2.24, 2.45) is 5.73 Å². The van der Waals surface area contributed by atoms with Crippen LogP contribution in [0.1, 0.15) is 11.6 Å². The van der Waals surface area contributed by atoms with E-state index in [1.807, 2.05) is 24.3 Å². The molecule has 0 amide bonds. The lowest BCUT2D eigenvalue weighted by Crippen LogP contribution is -2.08. The molecule has 2 heteroatoms. The number of terminal acetylenes is 1. The van der Waals surface area contributed by atoms with Crippen LogP contribution < -0.4 is 10.5 Å². The summed E-state index contributed by atoms with van der Waals surface area (Å²) in [5.74, 6) is 3.19. The average Bonchev–Trinajstić information content (AvgIpc) is 2.16. The fourth-order valence-corrected chi connectivity index (χ4v) is 1.01. The highest BCUT2D eigenvalue weighted by molar-refractivity contribution is 5.38. The maximum atomic E-state index is 5.65. The number of rotatable bonds is 2. The van der Waals surface area contributed by atoms with Gasteiger partial charge in [0.25, 0.3) is 0 Å². The lowest BCUT2D eigenvalue weighted by Gasteiger charge is -2.09. The first-order chi connectivity index (χ1) is 5.79. The van der Waals surface area contributed by atoms with E-state index in [0.717, 1.165) is 11.3 Å². The van der Waals surface area contributed by atoms with Crippen molar-refractivity contribution in [3.63, 3.8) is 0 Å². The molecule has 1 rings (SSSR count). The van der Waals surface area contributed by atoms with Crippen LogP contribution in [-0.2, 0) is 0 Å². The third-order valence-corrected chi connectivity index (χ3v) is 1.65. The lowest BCUT2D eigenvalue weighted by molar-refractivity contribution is 0.408. The SMILES string of the molecule is C#C[C@@H](N)c1ccccc1OC. The van der Waals surface area contributed by atoms with Gasteiger partial charge in [-0.25, -0.2) is 0 Å². The Morgan fingerprint density at radius 1 is 1.50 bits per heavy atom. The van der Waals surface area contributed by atoms with Crippen LogP contribution in [0.15, 0.2) is 24.3 Å². The molecule has 1 aromatic rings. The normalized spacial score (nSPS) is 11.8.